The second-order valence-electron chi connectivity index (χ2n) is 10.2. The molecule has 0 spiro atoms. The number of H-pyrrole nitrogens is 1. The largest absolute Gasteiger partial charge is 0.454 e. The summed E-state index contributed by atoms with van der Waals surface area (Å²) < 4.78 is 12.9. The first kappa shape index (κ1) is 22.5. The number of pyridine rings is 1. The van der Waals surface area contributed by atoms with Crippen molar-refractivity contribution in [2.45, 2.75) is 32.4 Å². The summed E-state index contributed by atoms with van der Waals surface area (Å²) in [5.74, 6) is 1.96. The Morgan fingerprint density at radius 3 is 2.42 bits per heavy atom. The number of ether oxygens (including phenoxy) is 2. The number of aromatic amines is 1. The summed E-state index contributed by atoms with van der Waals surface area (Å²) >= 11 is 0. The lowest BCUT2D eigenvalue weighted by molar-refractivity contribution is 0.174. The van der Waals surface area contributed by atoms with Crippen molar-refractivity contribution < 1.29 is 9.47 Å². The molecule has 1 saturated heterocycles. The maximum atomic E-state index is 13.5. The van der Waals surface area contributed by atoms with Crippen LogP contribution in [-0.4, -0.2) is 63.1 Å². The normalized spacial score (nSPS) is 17.0. The monoisotopic (exact) mass is 487 g/mol. The molecular weight excluding hydrogens is 458 g/mol. The maximum absolute atomic E-state index is 13.5. The summed E-state index contributed by atoms with van der Waals surface area (Å²) in [4.78, 5) is 21.2. The van der Waals surface area contributed by atoms with Crippen molar-refractivity contribution >= 4 is 16.6 Å². The Morgan fingerprint density at radius 2 is 1.69 bits per heavy atom. The van der Waals surface area contributed by atoms with Crippen LogP contribution in [0.2, 0.25) is 0 Å². The van der Waals surface area contributed by atoms with E-state index < -0.39 is 6.04 Å². The predicted molar refractivity (Wildman–Crippen MR) is 136 cm³/mol. The number of anilines is 1. The number of aromatic nitrogens is 5. The molecule has 0 radical (unpaired) electrons. The van der Waals surface area contributed by atoms with Crippen LogP contribution in [0.1, 0.15) is 38.2 Å². The summed E-state index contributed by atoms with van der Waals surface area (Å²) in [5, 5.41) is 13.6. The van der Waals surface area contributed by atoms with Gasteiger partial charge in [-0.05, 0) is 55.5 Å². The summed E-state index contributed by atoms with van der Waals surface area (Å²) in [6, 6.07) is 15.7. The number of hydrogen-bond acceptors (Lipinski definition) is 8. The predicted octanol–water partition coefficient (Wildman–Crippen LogP) is 2.91. The van der Waals surface area contributed by atoms with Crippen LogP contribution in [0.3, 0.4) is 0 Å². The van der Waals surface area contributed by atoms with Crippen LogP contribution in [0.25, 0.3) is 10.9 Å². The highest BCUT2D eigenvalue weighted by atomic mass is 16.7. The second kappa shape index (κ2) is 8.63. The number of tetrazole rings is 1. The van der Waals surface area contributed by atoms with Gasteiger partial charge in [0, 0.05) is 48.9 Å². The van der Waals surface area contributed by atoms with E-state index in [1.807, 2.05) is 28.9 Å². The molecule has 4 aromatic rings. The molecule has 2 aromatic heterocycles. The van der Waals surface area contributed by atoms with Gasteiger partial charge in [0.05, 0.1) is 11.1 Å². The summed E-state index contributed by atoms with van der Waals surface area (Å²) in [5.41, 5.74) is 2.00. The summed E-state index contributed by atoms with van der Waals surface area (Å²) in [6.45, 7) is 9.54. The molecular formula is C26H29N7O3. The Bertz CT molecular complexity index is 1450. The molecule has 2 aliphatic rings. The number of fused-ring (bicyclic) bond motifs is 2. The van der Waals surface area contributed by atoms with E-state index >= 15 is 0 Å². The Kier molecular flexibility index (Phi) is 5.40. The molecule has 4 heterocycles. The van der Waals surface area contributed by atoms with Crippen molar-refractivity contribution in [3.8, 4) is 11.5 Å². The van der Waals surface area contributed by atoms with Crippen LogP contribution >= 0.6 is 0 Å². The molecule has 1 fully saturated rings. The standard InChI is InChI=1S/C26H29N7O3/c1-26(2,3)33-24(28-29-30-33)23(32-11-9-31(10-12-32)18-7-5-4-6-8-18)19-13-17-14-21-22(36-16-35-21)15-20(17)27-25(19)34/h4-8,13-15,23H,9-12,16H2,1-3H3,(H,27,34)/t23-/m1/s1. The molecule has 0 aliphatic carbocycles. The fourth-order valence-corrected chi connectivity index (χ4v) is 5.03. The van der Waals surface area contributed by atoms with E-state index in [4.69, 9.17) is 9.47 Å². The van der Waals surface area contributed by atoms with Crippen molar-refractivity contribution in [3.63, 3.8) is 0 Å². The Morgan fingerprint density at radius 1 is 0.972 bits per heavy atom. The molecule has 10 nitrogen and oxygen atoms in total. The lowest BCUT2D eigenvalue weighted by atomic mass is 10.0. The van der Waals surface area contributed by atoms with E-state index in [2.05, 4.69) is 75.3 Å². The summed E-state index contributed by atoms with van der Waals surface area (Å²) in [6.07, 6.45) is 0. The van der Waals surface area contributed by atoms with Crippen molar-refractivity contribution in [2.75, 3.05) is 37.9 Å². The molecule has 0 amide bonds. The zero-order valence-electron chi connectivity index (χ0n) is 20.6. The van der Waals surface area contributed by atoms with E-state index in [1.54, 1.807) is 0 Å². The lowest BCUT2D eigenvalue weighted by Gasteiger charge is -2.40. The highest BCUT2D eigenvalue weighted by Gasteiger charge is 2.35. The van der Waals surface area contributed by atoms with Crippen molar-refractivity contribution in [1.29, 1.82) is 0 Å². The molecule has 0 saturated carbocycles. The first-order chi connectivity index (χ1) is 17.4. The quantitative estimate of drug-likeness (QED) is 0.469. The maximum Gasteiger partial charge on any atom is 0.253 e. The van der Waals surface area contributed by atoms with Crippen LogP contribution in [0.15, 0.2) is 53.3 Å². The molecule has 1 atom stereocenters. The SMILES string of the molecule is CC(C)(C)n1nnnc1[C@@H](c1cc2cc3c(cc2[nH]c1=O)OCO3)N1CCN(c2ccccc2)CC1. The number of nitrogens with zero attached hydrogens (tertiary/aromatic N) is 6. The molecule has 10 heteroatoms. The zero-order chi connectivity index (χ0) is 24.9. The van der Waals surface area contributed by atoms with E-state index in [-0.39, 0.29) is 17.9 Å². The third-order valence-corrected chi connectivity index (χ3v) is 6.84. The highest BCUT2D eigenvalue weighted by molar-refractivity contribution is 5.83. The van der Waals surface area contributed by atoms with Crippen molar-refractivity contribution in [2.24, 2.45) is 0 Å². The molecule has 36 heavy (non-hydrogen) atoms. The average Bonchev–Trinajstić information content (AvgIpc) is 3.54. The molecule has 2 aromatic carbocycles. The van der Waals surface area contributed by atoms with Gasteiger partial charge in [-0.15, -0.1) is 5.10 Å². The van der Waals surface area contributed by atoms with Gasteiger partial charge >= 0.3 is 0 Å². The Hall–Kier alpha value is -3.92. The second-order valence-corrected chi connectivity index (χ2v) is 10.2. The number of rotatable bonds is 4. The minimum atomic E-state index is -0.407. The van der Waals surface area contributed by atoms with Crippen molar-refractivity contribution in [3.05, 3.63) is 70.3 Å². The number of piperazine rings is 1. The molecule has 0 unspecified atom stereocenters. The number of hydrogen-bond donors (Lipinski definition) is 1. The van der Waals surface area contributed by atoms with Gasteiger partial charge in [-0.3, -0.25) is 9.69 Å². The van der Waals surface area contributed by atoms with E-state index in [9.17, 15) is 4.79 Å². The van der Waals surface area contributed by atoms with Gasteiger partial charge in [-0.1, -0.05) is 18.2 Å². The zero-order valence-corrected chi connectivity index (χ0v) is 20.6. The van der Waals surface area contributed by atoms with Gasteiger partial charge in [0.1, 0.15) is 6.04 Å². The van der Waals surface area contributed by atoms with Gasteiger partial charge in [0.25, 0.3) is 5.56 Å². The first-order valence-electron chi connectivity index (χ1n) is 12.2. The number of para-hydroxylation sites is 1. The van der Waals surface area contributed by atoms with Crippen LogP contribution in [0, 0.1) is 0 Å². The first-order valence-corrected chi connectivity index (χ1v) is 12.2. The van der Waals surface area contributed by atoms with Crippen LogP contribution < -0.4 is 19.9 Å². The molecule has 0 bridgehead atoms. The van der Waals surface area contributed by atoms with Gasteiger partial charge in [0.15, 0.2) is 17.3 Å². The minimum Gasteiger partial charge on any atom is -0.454 e. The third kappa shape index (κ3) is 3.97. The van der Waals surface area contributed by atoms with Gasteiger partial charge < -0.3 is 19.4 Å². The van der Waals surface area contributed by atoms with Crippen LogP contribution in [0.5, 0.6) is 11.5 Å². The average molecular weight is 488 g/mol. The van der Waals surface area contributed by atoms with Gasteiger partial charge in [0.2, 0.25) is 6.79 Å². The molecule has 1 N–H and O–H groups in total. The van der Waals surface area contributed by atoms with E-state index in [0.29, 0.717) is 28.4 Å². The minimum absolute atomic E-state index is 0.166. The fraction of sp³-hybridized carbons (Fsp3) is 0.385. The van der Waals surface area contributed by atoms with E-state index in [0.717, 1.165) is 31.6 Å². The Balaban J connectivity index is 1.42. The van der Waals surface area contributed by atoms with Crippen LogP contribution in [-0.2, 0) is 5.54 Å². The van der Waals surface area contributed by atoms with Gasteiger partial charge in [-0.25, -0.2) is 4.68 Å². The van der Waals surface area contributed by atoms with Crippen LogP contribution in [0.4, 0.5) is 5.69 Å². The summed E-state index contributed by atoms with van der Waals surface area (Å²) in [7, 11) is 0. The highest BCUT2D eigenvalue weighted by Crippen LogP contribution is 2.37. The smallest absolute Gasteiger partial charge is 0.253 e. The molecule has 6 rings (SSSR count). The van der Waals surface area contributed by atoms with Crippen molar-refractivity contribution in [1.82, 2.24) is 30.1 Å². The Labute approximate surface area is 208 Å². The van der Waals surface area contributed by atoms with Gasteiger partial charge in [-0.2, -0.15) is 0 Å². The topological polar surface area (TPSA) is 101 Å². The van der Waals surface area contributed by atoms with E-state index in [1.165, 1.54) is 5.69 Å². The molecule has 2 aliphatic heterocycles. The number of nitrogens with one attached hydrogen (secondary N) is 1. The molecule has 186 valence electrons. The number of benzene rings is 2. The third-order valence-electron chi connectivity index (χ3n) is 6.84. The fourth-order valence-electron chi connectivity index (χ4n) is 5.03. The lowest BCUT2D eigenvalue weighted by Crippen LogP contribution is -2.49.